The van der Waals surface area contributed by atoms with E-state index in [2.05, 4.69) is 66.7 Å². The summed E-state index contributed by atoms with van der Waals surface area (Å²) in [5.74, 6) is -0.229. The Bertz CT molecular complexity index is 1880. The summed E-state index contributed by atoms with van der Waals surface area (Å²) in [4.78, 5) is 14.4. The zero-order valence-corrected chi connectivity index (χ0v) is 21.0. The van der Waals surface area contributed by atoms with Crippen molar-refractivity contribution < 1.29 is 4.39 Å². The highest BCUT2D eigenvalue weighted by Crippen LogP contribution is 2.32. The lowest BCUT2D eigenvalue weighted by molar-refractivity contribution is 0.628. The molecule has 0 aliphatic carbocycles. The van der Waals surface area contributed by atoms with Gasteiger partial charge in [-0.3, -0.25) is 4.98 Å². The van der Waals surface area contributed by atoms with E-state index in [1.165, 1.54) is 16.8 Å². The largest absolute Gasteiger partial charge is 0.252 e. The van der Waals surface area contributed by atoms with Crippen molar-refractivity contribution in [3.05, 3.63) is 127 Å². The van der Waals surface area contributed by atoms with Crippen LogP contribution in [-0.4, -0.2) is 15.0 Å². The molecule has 2 heterocycles. The smallest absolute Gasteiger partial charge is 0.124 e. The van der Waals surface area contributed by atoms with E-state index in [0.717, 1.165) is 60.6 Å². The van der Waals surface area contributed by atoms with E-state index in [-0.39, 0.29) is 5.82 Å². The second kappa shape index (κ2) is 9.29. The summed E-state index contributed by atoms with van der Waals surface area (Å²) in [6.45, 7) is 0. The summed E-state index contributed by atoms with van der Waals surface area (Å²) in [5.41, 5.74) is 9.88. The van der Waals surface area contributed by atoms with Gasteiger partial charge in [0.2, 0.25) is 0 Å². The Morgan fingerprint density at radius 1 is 0.500 bits per heavy atom. The van der Waals surface area contributed by atoms with Gasteiger partial charge in [0.1, 0.15) is 10.8 Å². The highest BCUT2D eigenvalue weighted by molar-refractivity contribution is 7.21. The summed E-state index contributed by atoms with van der Waals surface area (Å²) in [5, 5.41) is 1.01. The second-order valence-corrected chi connectivity index (χ2v) is 10.1. The molecule has 2 aromatic heterocycles. The van der Waals surface area contributed by atoms with Crippen LogP contribution in [0.5, 0.6) is 0 Å². The third-order valence-corrected chi connectivity index (χ3v) is 7.74. The number of aromatic nitrogens is 3. The Labute approximate surface area is 222 Å². The van der Waals surface area contributed by atoms with Crippen LogP contribution < -0.4 is 0 Å². The summed E-state index contributed by atoms with van der Waals surface area (Å²) >= 11 is 1.70. The SMILES string of the molecule is Fc1ccc(-c2ccc(-c3ccc4nc(-c5ccc(-c6nc7ccccc7s6)cc5)cnc4c3)cc2)cc1. The third-order valence-electron chi connectivity index (χ3n) is 6.66. The Morgan fingerprint density at radius 2 is 1.11 bits per heavy atom. The zero-order chi connectivity index (χ0) is 25.5. The van der Waals surface area contributed by atoms with Crippen LogP contribution in [0.2, 0.25) is 0 Å². The van der Waals surface area contributed by atoms with E-state index in [1.807, 2.05) is 30.5 Å². The number of rotatable bonds is 4. The molecule has 180 valence electrons. The van der Waals surface area contributed by atoms with Gasteiger partial charge in [0.15, 0.2) is 0 Å². The maximum Gasteiger partial charge on any atom is 0.124 e. The van der Waals surface area contributed by atoms with Crippen LogP contribution in [0, 0.1) is 5.82 Å². The summed E-state index contributed by atoms with van der Waals surface area (Å²) in [7, 11) is 0. The molecule has 0 amide bonds. The molecule has 5 aromatic carbocycles. The molecule has 0 aliphatic heterocycles. The minimum Gasteiger partial charge on any atom is -0.252 e. The highest BCUT2D eigenvalue weighted by atomic mass is 32.1. The average Bonchev–Trinajstić information content (AvgIpc) is 3.42. The van der Waals surface area contributed by atoms with Crippen LogP contribution in [0.4, 0.5) is 4.39 Å². The molecule has 0 aliphatic rings. The fourth-order valence-corrected chi connectivity index (χ4v) is 5.58. The Balaban J connectivity index is 1.14. The molecule has 7 aromatic rings. The average molecular weight is 510 g/mol. The molecule has 0 fully saturated rings. The van der Waals surface area contributed by atoms with Gasteiger partial charge in [0.05, 0.1) is 33.1 Å². The number of benzene rings is 5. The van der Waals surface area contributed by atoms with Crippen LogP contribution in [0.3, 0.4) is 0 Å². The van der Waals surface area contributed by atoms with Gasteiger partial charge in [-0.25, -0.2) is 14.4 Å². The number of hydrogen-bond acceptors (Lipinski definition) is 4. The lowest BCUT2D eigenvalue weighted by atomic mass is 10.00. The molecule has 5 heteroatoms. The normalized spacial score (nSPS) is 11.3. The molecule has 38 heavy (non-hydrogen) atoms. The van der Waals surface area contributed by atoms with Gasteiger partial charge in [0.25, 0.3) is 0 Å². The number of hydrogen-bond donors (Lipinski definition) is 0. The number of nitrogens with zero attached hydrogens (tertiary/aromatic N) is 3. The molecule has 7 rings (SSSR count). The fourth-order valence-electron chi connectivity index (χ4n) is 4.61. The molecule has 0 unspecified atom stereocenters. The van der Waals surface area contributed by atoms with Crippen LogP contribution in [-0.2, 0) is 0 Å². The van der Waals surface area contributed by atoms with Crippen LogP contribution in [0.15, 0.2) is 121 Å². The number of para-hydroxylation sites is 1. The standard InChI is InChI=1S/C33H20FN3S/c34-27-16-13-22(14-17-27)21-5-7-23(8-6-21)26-15-18-28-30(19-26)35-20-31(36-28)24-9-11-25(12-10-24)33-37-29-3-1-2-4-32(29)38-33/h1-20H. The van der Waals surface area contributed by atoms with Gasteiger partial charge in [0, 0.05) is 11.1 Å². The van der Waals surface area contributed by atoms with Crippen molar-refractivity contribution >= 4 is 32.6 Å². The number of thiazole rings is 1. The first-order valence-electron chi connectivity index (χ1n) is 12.3. The van der Waals surface area contributed by atoms with E-state index in [4.69, 9.17) is 15.0 Å². The lowest BCUT2D eigenvalue weighted by Crippen LogP contribution is -1.90. The van der Waals surface area contributed by atoms with Crippen molar-refractivity contribution in [2.75, 3.05) is 0 Å². The quantitative estimate of drug-likeness (QED) is 0.238. The monoisotopic (exact) mass is 509 g/mol. The van der Waals surface area contributed by atoms with Gasteiger partial charge in [-0.05, 0) is 58.7 Å². The predicted molar refractivity (Wildman–Crippen MR) is 154 cm³/mol. The minimum atomic E-state index is -0.229. The molecule has 3 nitrogen and oxygen atoms in total. The van der Waals surface area contributed by atoms with Gasteiger partial charge >= 0.3 is 0 Å². The maximum absolute atomic E-state index is 13.2. The second-order valence-electron chi connectivity index (χ2n) is 9.11. The molecule has 0 radical (unpaired) electrons. The molecule has 0 N–H and O–H groups in total. The molecule has 0 atom stereocenters. The van der Waals surface area contributed by atoms with Gasteiger partial charge < -0.3 is 0 Å². The Morgan fingerprint density at radius 3 is 1.84 bits per heavy atom. The van der Waals surface area contributed by atoms with E-state index in [9.17, 15) is 4.39 Å². The molecule has 0 saturated heterocycles. The van der Waals surface area contributed by atoms with Crippen LogP contribution in [0.1, 0.15) is 0 Å². The topological polar surface area (TPSA) is 38.7 Å². The fraction of sp³-hybridized carbons (Fsp3) is 0. The van der Waals surface area contributed by atoms with Gasteiger partial charge in [-0.15, -0.1) is 11.3 Å². The molecule has 0 spiro atoms. The van der Waals surface area contributed by atoms with Crippen molar-refractivity contribution in [1.82, 2.24) is 15.0 Å². The van der Waals surface area contributed by atoms with Crippen molar-refractivity contribution in [1.29, 1.82) is 0 Å². The van der Waals surface area contributed by atoms with Crippen LogP contribution in [0.25, 0.3) is 65.3 Å². The number of fused-ring (bicyclic) bond motifs is 2. The van der Waals surface area contributed by atoms with E-state index in [0.29, 0.717) is 0 Å². The molecule has 0 saturated carbocycles. The summed E-state index contributed by atoms with van der Waals surface area (Å²) in [6.07, 6.45) is 1.83. The number of halogens is 1. The van der Waals surface area contributed by atoms with Crippen molar-refractivity contribution in [2.24, 2.45) is 0 Å². The van der Waals surface area contributed by atoms with Crippen LogP contribution >= 0.6 is 11.3 Å². The Hall–Kier alpha value is -4.74. The zero-order valence-electron chi connectivity index (χ0n) is 20.2. The van der Waals surface area contributed by atoms with Crippen molar-refractivity contribution in [2.45, 2.75) is 0 Å². The molecular formula is C33H20FN3S. The molecular weight excluding hydrogens is 489 g/mol. The first-order valence-corrected chi connectivity index (χ1v) is 13.1. The van der Waals surface area contributed by atoms with E-state index < -0.39 is 0 Å². The van der Waals surface area contributed by atoms with Gasteiger partial charge in [-0.1, -0.05) is 78.9 Å². The highest BCUT2D eigenvalue weighted by Gasteiger charge is 2.09. The van der Waals surface area contributed by atoms with Gasteiger partial charge in [-0.2, -0.15) is 0 Å². The van der Waals surface area contributed by atoms with E-state index in [1.54, 1.807) is 23.5 Å². The van der Waals surface area contributed by atoms with E-state index >= 15 is 0 Å². The Kier molecular flexibility index (Phi) is 5.49. The lowest BCUT2D eigenvalue weighted by Gasteiger charge is -2.07. The van der Waals surface area contributed by atoms with Crippen molar-refractivity contribution in [3.63, 3.8) is 0 Å². The first-order chi connectivity index (χ1) is 18.7. The predicted octanol–water partition coefficient (Wildman–Crippen LogP) is 9.05. The molecule has 0 bridgehead atoms. The minimum absolute atomic E-state index is 0.229. The maximum atomic E-state index is 13.2. The first kappa shape index (κ1) is 22.5. The third kappa shape index (κ3) is 4.23. The van der Waals surface area contributed by atoms with Crippen molar-refractivity contribution in [3.8, 4) is 44.1 Å². The summed E-state index contributed by atoms with van der Waals surface area (Å²) in [6, 6.07) is 37.5. The summed E-state index contributed by atoms with van der Waals surface area (Å²) < 4.78 is 14.4.